The second-order valence-corrected chi connectivity index (χ2v) is 4.69. The molecule has 1 saturated heterocycles. The van der Waals surface area contributed by atoms with Crippen LogP contribution in [0.4, 0.5) is 0 Å². The zero-order valence-electron chi connectivity index (χ0n) is 10.5. The monoisotopic (exact) mass is 234 g/mol. The molecule has 1 aromatic rings. The van der Waals surface area contributed by atoms with E-state index in [0.29, 0.717) is 12.1 Å². The minimum atomic E-state index is 0.410. The average Bonchev–Trinajstić information content (AvgIpc) is 2.90. The van der Waals surface area contributed by atoms with Crippen LogP contribution in [0, 0.1) is 0 Å². The lowest BCUT2D eigenvalue weighted by Crippen LogP contribution is -2.36. The quantitative estimate of drug-likeness (QED) is 0.844. The van der Waals surface area contributed by atoms with Gasteiger partial charge in [-0.3, -0.25) is 4.90 Å². The number of ether oxygens (including phenoxy) is 1. The second-order valence-electron chi connectivity index (χ2n) is 4.69. The van der Waals surface area contributed by atoms with Gasteiger partial charge < -0.3 is 10.5 Å². The molecule has 1 aliphatic heterocycles. The van der Waals surface area contributed by atoms with Crippen LogP contribution in [-0.2, 0) is 4.74 Å². The molecule has 2 rings (SSSR count). The van der Waals surface area contributed by atoms with Crippen molar-refractivity contribution in [1.29, 1.82) is 0 Å². The van der Waals surface area contributed by atoms with Crippen molar-refractivity contribution in [3.8, 4) is 0 Å². The molecular weight excluding hydrogens is 212 g/mol. The van der Waals surface area contributed by atoms with Crippen LogP contribution in [0.25, 0.3) is 0 Å². The van der Waals surface area contributed by atoms with E-state index in [1.165, 1.54) is 5.56 Å². The molecule has 1 aliphatic rings. The van der Waals surface area contributed by atoms with E-state index >= 15 is 0 Å². The number of hydrogen-bond acceptors (Lipinski definition) is 3. The van der Waals surface area contributed by atoms with Gasteiger partial charge in [0.25, 0.3) is 0 Å². The molecule has 0 radical (unpaired) electrons. The molecule has 2 atom stereocenters. The number of benzene rings is 1. The van der Waals surface area contributed by atoms with Gasteiger partial charge >= 0.3 is 0 Å². The molecule has 0 bridgehead atoms. The van der Waals surface area contributed by atoms with Crippen molar-refractivity contribution in [3.63, 3.8) is 0 Å². The number of likely N-dealkylation sites (N-methyl/N-ethyl adjacent to an activating group) is 1. The predicted molar refractivity (Wildman–Crippen MR) is 69.8 cm³/mol. The van der Waals surface area contributed by atoms with Gasteiger partial charge in [0.05, 0.1) is 6.61 Å². The molecule has 0 saturated carbocycles. The summed E-state index contributed by atoms with van der Waals surface area (Å²) < 4.78 is 5.47. The molecule has 0 spiro atoms. The summed E-state index contributed by atoms with van der Waals surface area (Å²) in [4.78, 5) is 2.43. The number of rotatable bonds is 5. The van der Waals surface area contributed by atoms with Gasteiger partial charge in [0, 0.05) is 18.7 Å². The van der Waals surface area contributed by atoms with Gasteiger partial charge in [0.15, 0.2) is 0 Å². The Labute approximate surface area is 104 Å². The largest absolute Gasteiger partial charge is 0.380 e. The first-order chi connectivity index (χ1) is 8.33. The van der Waals surface area contributed by atoms with Crippen LogP contribution >= 0.6 is 0 Å². The topological polar surface area (TPSA) is 38.5 Å². The highest BCUT2D eigenvalue weighted by molar-refractivity contribution is 5.19. The van der Waals surface area contributed by atoms with Gasteiger partial charge in [-0.25, -0.2) is 0 Å². The molecule has 2 unspecified atom stereocenters. The summed E-state index contributed by atoms with van der Waals surface area (Å²) in [5, 5.41) is 0. The average molecular weight is 234 g/mol. The fraction of sp³-hybridized carbons (Fsp3) is 0.571. The Morgan fingerprint density at radius 2 is 2.18 bits per heavy atom. The van der Waals surface area contributed by atoms with E-state index in [1.54, 1.807) is 0 Å². The van der Waals surface area contributed by atoms with Crippen LogP contribution in [0.15, 0.2) is 30.3 Å². The second kappa shape index (κ2) is 6.15. The van der Waals surface area contributed by atoms with Gasteiger partial charge in [-0.15, -0.1) is 0 Å². The molecule has 17 heavy (non-hydrogen) atoms. The van der Waals surface area contributed by atoms with E-state index in [1.807, 2.05) is 0 Å². The Hall–Kier alpha value is -0.900. The minimum absolute atomic E-state index is 0.410. The maximum absolute atomic E-state index is 5.75. The third kappa shape index (κ3) is 3.06. The van der Waals surface area contributed by atoms with E-state index in [-0.39, 0.29) is 0 Å². The van der Waals surface area contributed by atoms with Crippen LogP contribution in [0.3, 0.4) is 0 Å². The van der Waals surface area contributed by atoms with Crippen LogP contribution in [0.5, 0.6) is 0 Å². The molecular formula is C14H22N2O. The Morgan fingerprint density at radius 3 is 2.76 bits per heavy atom. The van der Waals surface area contributed by atoms with Crippen molar-refractivity contribution in [2.75, 3.05) is 26.8 Å². The van der Waals surface area contributed by atoms with Gasteiger partial charge in [-0.1, -0.05) is 30.3 Å². The van der Waals surface area contributed by atoms with Crippen molar-refractivity contribution < 1.29 is 4.74 Å². The lowest BCUT2D eigenvalue weighted by molar-refractivity contribution is 0.129. The summed E-state index contributed by atoms with van der Waals surface area (Å²) in [5.74, 6) is 0. The van der Waals surface area contributed by atoms with Crippen molar-refractivity contribution in [2.24, 2.45) is 5.73 Å². The Morgan fingerprint density at radius 1 is 1.41 bits per heavy atom. The molecule has 3 heteroatoms. The number of nitrogens with two attached hydrogens (primary N) is 1. The van der Waals surface area contributed by atoms with Crippen molar-refractivity contribution in [2.45, 2.75) is 24.9 Å². The SMILES string of the molecule is CN(C1CCOC1)C(CCN)c1ccccc1. The summed E-state index contributed by atoms with van der Waals surface area (Å²) in [6.45, 7) is 2.46. The third-order valence-electron chi connectivity index (χ3n) is 3.60. The summed E-state index contributed by atoms with van der Waals surface area (Å²) in [6.07, 6.45) is 2.13. The number of nitrogens with zero attached hydrogens (tertiary/aromatic N) is 1. The lowest BCUT2D eigenvalue weighted by atomic mass is 10.0. The Kier molecular flexibility index (Phi) is 4.54. The fourth-order valence-corrected chi connectivity index (χ4v) is 2.54. The first-order valence-corrected chi connectivity index (χ1v) is 6.37. The van der Waals surface area contributed by atoms with Gasteiger partial charge in [0.2, 0.25) is 0 Å². The Bertz CT molecular complexity index is 322. The van der Waals surface area contributed by atoms with E-state index < -0.39 is 0 Å². The molecule has 1 aromatic carbocycles. The smallest absolute Gasteiger partial charge is 0.0622 e. The predicted octanol–water partition coefficient (Wildman–Crippen LogP) is 1.80. The zero-order valence-corrected chi connectivity index (χ0v) is 10.5. The first kappa shape index (κ1) is 12.6. The van der Waals surface area contributed by atoms with Crippen molar-refractivity contribution in [1.82, 2.24) is 4.90 Å². The van der Waals surface area contributed by atoms with E-state index in [0.717, 1.165) is 32.6 Å². The molecule has 2 N–H and O–H groups in total. The maximum Gasteiger partial charge on any atom is 0.0622 e. The highest BCUT2D eigenvalue weighted by atomic mass is 16.5. The molecule has 0 aromatic heterocycles. The number of hydrogen-bond donors (Lipinski definition) is 1. The minimum Gasteiger partial charge on any atom is -0.380 e. The van der Waals surface area contributed by atoms with Gasteiger partial charge in [0.1, 0.15) is 0 Å². The molecule has 1 heterocycles. The standard InChI is InChI=1S/C14H22N2O/c1-16(13-8-10-17-11-13)14(7-9-15)12-5-3-2-4-6-12/h2-6,13-14H,7-11,15H2,1H3. The summed E-state index contributed by atoms with van der Waals surface area (Å²) >= 11 is 0. The van der Waals surface area contributed by atoms with E-state index in [9.17, 15) is 0 Å². The highest BCUT2D eigenvalue weighted by Gasteiger charge is 2.26. The molecule has 3 nitrogen and oxygen atoms in total. The van der Waals surface area contributed by atoms with Crippen LogP contribution in [0.1, 0.15) is 24.4 Å². The third-order valence-corrected chi connectivity index (χ3v) is 3.60. The molecule has 0 aliphatic carbocycles. The van der Waals surface area contributed by atoms with Crippen molar-refractivity contribution >= 4 is 0 Å². The summed E-state index contributed by atoms with van der Waals surface area (Å²) in [5.41, 5.74) is 7.10. The zero-order chi connectivity index (χ0) is 12.1. The fourth-order valence-electron chi connectivity index (χ4n) is 2.54. The normalized spacial score (nSPS) is 21.9. The highest BCUT2D eigenvalue weighted by Crippen LogP contribution is 2.26. The summed E-state index contributed by atoms with van der Waals surface area (Å²) in [6, 6.07) is 11.6. The molecule has 0 amide bonds. The maximum atomic E-state index is 5.75. The van der Waals surface area contributed by atoms with Gasteiger partial charge in [-0.2, -0.15) is 0 Å². The first-order valence-electron chi connectivity index (χ1n) is 6.37. The lowest BCUT2D eigenvalue weighted by Gasteiger charge is -2.32. The Balaban J connectivity index is 2.10. The van der Waals surface area contributed by atoms with Crippen LogP contribution in [-0.4, -0.2) is 37.7 Å². The summed E-state index contributed by atoms with van der Waals surface area (Å²) in [7, 11) is 2.19. The van der Waals surface area contributed by atoms with Crippen LogP contribution in [0.2, 0.25) is 0 Å². The molecule has 1 fully saturated rings. The molecule has 94 valence electrons. The van der Waals surface area contributed by atoms with E-state index in [2.05, 4.69) is 42.3 Å². The van der Waals surface area contributed by atoms with Crippen molar-refractivity contribution in [3.05, 3.63) is 35.9 Å². The van der Waals surface area contributed by atoms with Crippen LogP contribution < -0.4 is 5.73 Å². The van der Waals surface area contributed by atoms with E-state index in [4.69, 9.17) is 10.5 Å². The van der Waals surface area contributed by atoms with Gasteiger partial charge in [-0.05, 0) is 32.0 Å².